The fraction of sp³-hybridized carbons (Fsp3) is 0.375. The van der Waals surface area contributed by atoms with Crippen LogP contribution in [0.4, 0.5) is 0 Å². The van der Waals surface area contributed by atoms with Crippen LogP contribution in [0.15, 0.2) is 36.9 Å². The zero-order valence-corrected chi connectivity index (χ0v) is 14.4. The van der Waals surface area contributed by atoms with E-state index in [1.54, 1.807) is 19.4 Å². The number of benzene rings is 1. The van der Waals surface area contributed by atoms with Crippen LogP contribution < -0.4 is 20.5 Å². The van der Waals surface area contributed by atoms with Crippen LogP contribution in [0.5, 0.6) is 11.5 Å². The zero-order valence-electron chi connectivity index (χ0n) is 13.6. The minimum atomic E-state index is -0.518. The third-order valence-electron chi connectivity index (χ3n) is 3.26. The van der Waals surface area contributed by atoms with Gasteiger partial charge in [0.2, 0.25) is 0 Å². The number of nitrogens with two attached hydrogens (primary N) is 1. The van der Waals surface area contributed by atoms with Crippen LogP contribution in [0.3, 0.4) is 0 Å². The van der Waals surface area contributed by atoms with Gasteiger partial charge in [-0.2, -0.15) is 0 Å². The van der Waals surface area contributed by atoms with Gasteiger partial charge in [-0.1, -0.05) is 6.07 Å². The zero-order chi connectivity index (χ0) is 16.5. The molecule has 7 nitrogen and oxygen atoms in total. The van der Waals surface area contributed by atoms with Gasteiger partial charge in [0.25, 0.3) is 5.91 Å². The standard InChI is InChI=1S/C16H22N4O3.ClH/c1-22-15-9-13(3-4-14(15)23-11-16(17)21)10-18-5-2-7-20-8-6-19-12-20;/h3-4,6,8-9,12,18H,2,5,7,10-11H2,1H3,(H2,17,21);1H. The van der Waals surface area contributed by atoms with Crippen LogP contribution in [0.1, 0.15) is 12.0 Å². The number of rotatable bonds is 10. The van der Waals surface area contributed by atoms with Crippen LogP contribution in [0.2, 0.25) is 0 Å². The van der Waals surface area contributed by atoms with Crippen molar-refractivity contribution in [3.05, 3.63) is 42.5 Å². The molecular weight excluding hydrogens is 332 g/mol. The second-order valence-corrected chi connectivity index (χ2v) is 5.07. The summed E-state index contributed by atoms with van der Waals surface area (Å²) in [6, 6.07) is 5.60. The minimum Gasteiger partial charge on any atom is -0.493 e. The topological polar surface area (TPSA) is 91.4 Å². The molecule has 1 aromatic carbocycles. The lowest BCUT2D eigenvalue weighted by molar-refractivity contribution is -0.119. The lowest BCUT2D eigenvalue weighted by Crippen LogP contribution is -2.20. The normalized spacial score (nSPS) is 10.0. The minimum absolute atomic E-state index is 0. The monoisotopic (exact) mass is 354 g/mol. The van der Waals surface area contributed by atoms with Crippen molar-refractivity contribution in [1.82, 2.24) is 14.9 Å². The van der Waals surface area contributed by atoms with E-state index >= 15 is 0 Å². The summed E-state index contributed by atoms with van der Waals surface area (Å²) in [5.41, 5.74) is 6.15. The number of halogens is 1. The van der Waals surface area contributed by atoms with Crippen molar-refractivity contribution in [1.29, 1.82) is 0 Å². The fourth-order valence-corrected chi connectivity index (χ4v) is 2.13. The third kappa shape index (κ3) is 6.47. The molecule has 0 aliphatic rings. The Morgan fingerprint density at radius 3 is 2.88 bits per heavy atom. The number of primary amides is 1. The average molecular weight is 355 g/mol. The molecule has 0 spiro atoms. The van der Waals surface area contributed by atoms with E-state index in [-0.39, 0.29) is 19.0 Å². The molecule has 0 aliphatic carbocycles. The fourth-order valence-electron chi connectivity index (χ4n) is 2.13. The van der Waals surface area contributed by atoms with Crippen LogP contribution in [0, 0.1) is 0 Å². The number of carbonyl (C=O) groups is 1. The van der Waals surface area contributed by atoms with Crippen LogP contribution in [0.25, 0.3) is 0 Å². The Bertz CT molecular complexity index is 620. The number of nitrogens with one attached hydrogen (secondary N) is 1. The van der Waals surface area contributed by atoms with Gasteiger partial charge in [0.1, 0.15) is 0 Å². The molecule has 0 atom stereocenters. The average Bonchev–Trinajstić information content (AvgIpc) is 3.06. The Kier molecular flexibility index (Phi) is 8.67. The summed E-state index contributed by atoms with van der Waals surface area (Å²) in [6.07, 6.45) is 6.57. The largest absolute Gasteiger partial charge is 0.493 e. The Morgan fingerprint density at radius 2 is 2.21 bits per heavy atom. The summed E-state index contributed by atoms with van der Waals surface area (Å²) in [6.45, 7) is 2.41. The van der Waals surface area contributed by atoms with Crippen molar-refractivity contribution < 1.29 is 14.3 Å². The van der Waals surface area contributed by atoms with E-state index in [9.17, 15) is 4.79 Å². The first-order valence-corrected chi connectivity index (χ1v) is 7.43. The van der Waals surface area contributed by atoms with E-state index in [4.69, 9.17) is 15.2 Å². The van der Waals surface area contributed by atoms with Crippen molar-refractivity contribution in [2.75, 3.05) is 20.3 Å². The first-order valence-electron chi connectivity index (χ1n) is 7.43. The number of aryl methyl sites for hydroxylation is 1. The summed E-state index contributed by atoms with van der Waals surface area (Å²) >= 11 is 0. The Balaban J connectivity index is 0.00000288. The molecule has 0 bridgehead atoms. The van der Waals surface area contributed by atoms with Gasteiger partial charge in [-0.15, -0.1) is 12.4 Å². The molecule has 0 unspecified atom stereocenters. The van der Waals surface area contributed by atoms with Crippen molar-refractivity contribution >= 4 is 18.3 Å². The number of imidazole rings is 1. The van der Waals surface area contributed by atoms with Gasteiger partial charge in [-0.25, -0.2) is 4.98 Å². The molecule has 0 radical (unpaired) electrons. The number of methoxy groups -OCH3 is 1. The van der Waals surface area contributed by atoms with E-state index in [1.165, 1.54) is 0 Å². The molecule has 0 fully saturated rings. The van der Waals surface area contributed by atoms with Gasteiger partial charge in [-0.3, -0.25) is 4.79 Å². The predicted molar refractivity (Wildman–Crippen MR) is 93.5 cm³/mol. The maximum Gasteiger partial charge on any atom is 0.255 e. The van der Waals surface area contributed by atoms with Gasteiger partial charge in [0.15, 0.2) is 18.1 Å². The Hall–Kier alpha value is -2.25. The lowest BCUT2D eigenvalue weighted by Gasteiger charge is -2.12. The molecule has 24 heavy (non-hydrogen) atoms. The van der Waals surface area contributed by atoms with E-state index in [0.717, 1.165) is 31.6 Å². The number of aromatic nitrogens is 2. The maximum absolute atomic E-state index is 10.8. The van der Waals surface area contributed by atoms with E-state index in [0.29, 0.717) is 11.5 Å². The van der Waals surface area contributed by atoms with Crippen molar-refractivity contribution in [3.63, 3.8) is 0 Å². The van der Waals surface area contributed by atoms with Crippen molar-refractivity contribution in [3.8, 4) is 11.5 Å². The molecule has 0 aliphatic heterocycles. The molecule has 2 aromatic rings. The summed E-state index contributed by atoms with van der Waals surface area (Å²) in [5.74, 6) is 0.579. The van der Waals surface area contributed by atoms with Gasteiger partial charge in [0.05, 0.1) is 13.4 Å². The molecule has 8 heteroatoms. The van der Waals surface area contributed by atoms with Crippen LogP contribution in [-0.4, -0.2) is 35.7 Å². The molecule has 0 saturated carbocycles. The van der Waals surface area contributed by atoms with Crippen molar-refractivity contribution in [2.45, 2.75) is 19.5 Å². The maximum atomic E-state index is 10.8. The first-order chi connectivity index (χ1) is 11.2. The molecule has 132 valence electrons. The summed E-state index contributed by atoms with van der Waals surface area (Å²) < 4.78 is 12.6. The van der Waals surface area contributed by atoms with Gasteiger partial charge >= 0.3 is 0 Å². The smallest absolute Gasteiger partial charge is 0.255 e. The van der Waals surface area contributed by atoms with Crippen molar-refractivity contribution in [2.24, 2.45) is 5.73 Å². The highest BCUT2D eigenvalue weighted by Crippen LogP contribution is 2.27. The second kappa shape index (κ2) is 10.5. The van der Waals surface area contributed by atoms with E-state index < -0.39 is 5.91 Å². The van der Waals surface area contributed by atoms with Crippen LogP contribution in [-0.2, 0) is 17.9 Å². The second-order valence-electron chi connectivity index (χ2n) is 5.07. The first kappa shape index (κ1) is 19.8. The summed E-state index contributed by atoms with van der Waals surface area (Å²) in [7, 11) is 1.56. The Morgan fingerprint density at radius 1 is 1.38 bits per heavy atom. The highest BCUT2D eigenvalue weighted by Gasteiger charge is 2.07. The summed E-state index contributed by atoms with van der Waals surface area (Å²) in [5, 5.41) is 3.38. The number of hydrogen-bond donors (Lipinski definition) is 2. The number of hydrogen-bond acceptors (Lipinski definition) is 5. The predicted octanol–water partition coefficient (Wildman–Crippen LogP) is 1.36. The number of nitrogens with zero attached hydrogens (tertiary/aromatic N) is 2. The quantitative estimate of drug-likeness (QED) is 0.628. The Labute approximate surface area is 147 Å². The highest BCUT2D eigenvalue weighted by atomic mass is 35.5. The SMILES string of the molecule is COc1cc(CNCCCn2ccnc2)ccc1OCC(N)=O.Cl. The third-order valence-corrected chi connectivity index (χ3v) is 3.26. The number of ether oxygens (including phenoxy) is 2. The molecular formula is C16H23ClN4O3. The molecule has 3 N–H and O–H groups in total. The van der Waals surface area contributed by atoms with E-state index in [1.807, 2.05) is 24.7 Å². The lowest BCUT2D eigenvalue weighted by atomic mass is 10.2. The molecule has 1 amide bonds. The molecule has 1 aromatic heterocycles. The van der Waals surface area contributed by atoms with Gasteiger partial charge in [-0.05, 0) is 30.7 Å². The molecule has 1 heterocycles. The highest BCUT2D eigenvalue weighted by molar-refractivity contribution is 5.85. The van der Waals surface area contributed by atoms with Gasteiger partial charge in [0, 0.05) is 25.5 Å². The van der Waals surface area contributed by atoms with Crippen LogP contribution >= 0.6 is 12.4 Å². The molecule has 2 rings (SSSR count). The number of carbonyl (C=O) groups excluding carboxylic acids is 1. The number of amides is 1. The molecule has 0 saturated heterocycles. The summed E-state index contributed by atoms with van der Waals surface area (Å²) in [4.78, 5) is 14.8. The van der Waals surface area contributed by atoms with Gasteiger partial charge < -0.3 is 25.1 Å². The van der Waals surface area contributed by atoms with E-state index in [2.05, 4.69) is 14.9 Å².